The molecule has 0 atom stereocenters. The van der Waals surface area contributed by atoms with Gasteiger partial charge in [-0.2, -0.15) is 0 Å². The summed E-state index contributed by atoms with van der Waals surface area (Å²) >= 11 is 12.0. The number of amides is 1. The van der Waals surface area contributed by atoms with Gasteiger partial charge in [-0.25, -0.2) is 14.4 Å². The number of hydrogen-bond donors (Lipinski definition) is 2. The maximum atomic E-state index is 13.6. The van der Waals surface area contributed by atoms with Crippen LogP contribution in [0.4, 0.5) is 16.0 Å². The molecule has 8 heteroatoms. The van der Waals surface area contributed by atoms with Crippen LogP contribution in [0.2, 0.25) is 10.0 Å². The number of halogens is 3. The van der Waals surface area contributed by atoms with E-state index < -0.39 is 5.91 Å². The summed E-state index contributed by atoms with van der Waals surface area (Å²) in [5.74, 6) is -0.512. The van der Waals surface area contributed by atoms with E-state index in [4.69, 9.17) is 23.2 Å². The van der Waals surface area contributed by atoms with Crippen molar-refractivity contribution in [3.63, 3.8) is 0 Å². The molecule has 0 saturated heterocycles. The summed E-state index contributed by atoms with van der Waals surface area (Å²) in [6.45, 7) is 0.0730. The number of nitrogens with zero attached hydrogens (tertiary/aromatic N) is 2. The average molecular weight is 391 g/mol. The third-order valence-electron chi connectivity index (χ3n) is 3.51. The SMILES string of the molecule is O=C(NCc1ccccc1F)c1cnc(Nc2cccc(Cl)c2Cl)nc1. The number of benzene rings is 2. The second-order valence-electron chi connectivity index (χ2n) is 5.30. The molecule has 26 heavy (non-hydrogen) atoms. The van der Waals surface area contributed by atoms with E-state index in [-0.39, 0.29) is 23.9 Å². The molecule has 0 fully saturated rings. The number of rotatable bonds is 5. The minimum atomic E-state index is -0.402. The number of aromatic nitrogens is 2. The van der Waals surface area contributed by atoms with Crippen LogP contribution < -0.4 is 10.6 Å². The molecule has 0 aliphatic heterocycles. The molecule has 3 rings (SSSR count). The zero-order valence-electron chi connectivity index (χ0n) is 13.3. The van der Waals surface area contributed by atoms with Crippen molar-refractivity contribution in [3.05, 3.63) is 81.8 Å². The lowest BCUT2D eigenvalue weighted by Gasteiger charge is -2.09. The predicted octanol–water partition coefficient (Wildman–Crippen LogP) is 4.60. The van der Waals surface area contributed by atoms with E-state index in [2.05, 4.69) is 20.6 Å². The lowest BCUT2D eigenvalue weighted by molar-refractivity contribution is 0.0950. The smallest absolute Gasteiger partial charge is 0.254 e. The number of carbonyl (C=O) groups excluding carboxylic acids is 1. The lowest BCUT2D eigenvalue weighted by atomic mass is 10.2. The van der Waals surface area contributed by atoms with Crippen molar-refractivity contribution >= 4 is 40.7 Å². The maximum absolute atomic E-state index is 13.6. The van der Waals surface area contributed by atoms with Gasteiger partial charge in [-0.05, 0) is 18.2 Å². The van der Waals surface area contributed by atoms with E-state index in [9.17, 15) is 9.18 Å². The Balaban J connectivity index is 1.64. The normalized spacial score (nSPS) is 10.4. The highest BCUT2D eigenvalue weighted by Gasteiger charge is 2.10. The first kappa shape index (κ1) is 18.1. The topological polar surface area (TPSA) is 66.9 Å². The predicted molar refractivity (Wildman–Crippen MR) is 99.3 cm³/mol. The molecule has 0 radical (unpaired) electrons. The number of carbonyl (C=O) groups is 1. The van der Waals surface area contributed by atoms with Crippen molar-refractivity contribution in [2.24, 2.45) is 0 Å². The van der Waals surface area contributed by atoms with Gasteiger partial charge >= 0.3 is 0 Å². The van der Waals surface area contributed by atoms with Gasteiger partial charge in [-0.15, -0.1) is 0 Å². The van der Waals surface area contributed by atoms with Crippen molar-refractivity contribution in [1.29, 1.82) is 0 Å². The van der Waals surface area contributed by atoms with Crippen molar-refractivity contribution in [1.82, 2.24) is 15.3 Å². The number of hydrogen-bond acceptors (Lipinski definition) is 4. The Labute approximate surface area is 159 Å². The van der Waals surface area contributed by atoms with Gasteiger partial charge in [-0.1, -0.05) is 47.5 Å². The first-order valence-corrected chi connectivity index (χ1v) is 8.35. The third kappa shape index (κ3) is 4.28. The molecule has 2 N–H and O–H groups in total. The zero-order chi connectivity index (χ0) is 18.5. The standard InChI is InChI=1S/C18H13Cl2FN4O/c19-13-5-3-7-15(16(13)20)25-18-23-9-12(10-24-18)17(26)22-8-11-4-1-2-6-14(11)21/h1-7,9-10H,8H2,(H,22,26)(H,23,24,25). The zero-order valence-corrected chi connectivity index (χ0v) is 14.9. The highest BCUT2D eigenvalue weighted by Crippen LogP contribution is 2.30. The molecule has 1 heterocycles. The monoisotopic (exact) mass is 390 g/mol. The molecule has 0 bridgehead atoms. The van der Waals surface area contributed by atoms with Crippen molar-refractivity contribution < 1.29 is 9.18 Å². The van der Waals surface area contributed by atoms with E-state index in [0.29, 0.717) is 21.3 Å². The first-order valence-electron chi connectivity index (χ1n) is 7.59. The molecule has 0 aliphatic carbocycles. The third-order valence-corrected chi connectivity index (χ3v) is 4.33. The quantitative estimate of drug-likeness (QED) is 0.668. The summed E-state index contributed by atoms with van der Waals surface area (Å²) < 4.78 is 13.6. The highest BCUT2D eigenvalue weighted by atomic mass is 35.5. The van der Waals surface area contributed by atoms with Crippen LogP contribution in [-0.2, 0) is 6.54 Å². The van der Waals surface area contributed by atoms with Crippen LogP contribution in [0.1, 0.15) is 15.9 Å². The van der Waals surface area contributed by atoms with Crippen LogP contribution in [-0.4, -0.2) is 15.9 Å². The van der Waals surface area contributed by atoms with Crippen molar-refractivity contribution in [2.45, 2.75) is 6.54 Å². The molecule has 5 nitrogen and oxygen atoms in total. The number of nitrogens with one attached hydrogen (secondary N) is 2. The van der Waals surface area contributed by atoms with E-state index >= 15 is 0 Å². The Bertz CT molecular complexity index is 935. The van der Waals surface area contributed by atoms with Gasteiger partial charge in [0.25, 0.3) is 5.91 Å². The van der Waals surface area contributed by atoms with Gasteiger partial charge in [0.15, 0.2) is 0 Å². The fraction of sp³-hybridized carbons (Fsp3) is 0.0556. The molecule has 1 amide bonds. The largest absolute Gasteiger partial charge is 0.348 e. The molecule has 0 spiro atoms. The van der Waals surface area contributed by atoms with Crippen LogP contribution in [0.5, 0.6) is 0 Å². The minimum Gasteiger partial charge on any atom is -0.348 e. The van der Waals surface area contributed by atoms with Gasteiger partial charge in [0, 0.05) is 24.5 Å². The second kappa shape index (κ2) is 8.12. The Kier molecular flexibility index (Phi) is 5.65. The summed E-state index contributed by atoms with van der Waals surface area (Å²) in [7, 11) is 0. The molecular formula is C18H13Cl2FN4O. The van der Waals surface area contributed by atoms with Gasteiger partial charge in [0.2, 0.25) is 5.95 Å². The summed E-state index contributed by atoms with van der Waals surface area (Å²) in [4.78, 5) is 20.3. The minimum absolute atomic E-state index is 0.0730. The summed E-state index contributed by atoms with van der Waals surface area (Å²) in [6, 6.07) is 11.4. The Morgan fingerprint density at radius 1 is 1.04 bits per heavy atom. The van der Waals surface area contributed by atoms with Crippen LogP contribution >= 0.6 is 23.2 Å². The van der Waals surface area contributed by atoms with Crippen LogP contribution in [0.3, 0.4) is 0 Å². The second-order valence-corrected chi connectivity index (χ2v) is 6.08. The molecule has 1 aromatic heterocycles. The fourth-order valence-electron chi connectivity index (χ4n) is 2.15. The van der Waals surface area contributed by atoms with Crippen LogP contribution in [0.25, 0.3) is 0 Å². The molecule has 132 valence electrons. The molecule has 0 unspecified atom stereocenters. The van der Waals surface area contributed by atoms with Crippen molar-refractivity contribution in [3.8, 4) is 0 Å². The highest BCUT2D eigenvalue weighted by molar-refractivity contribution is 6.43. The number of anilines is 2. The first-order chi connectivity index (χ1) is 12.5. The summed E-state index contributed by atoms with van der Waals surface area (Å²) in [6.07, 6.45) is 2.73. The maximum Gasteiger partial charge on any atom is 0.254 e. The molecule has 2 aromatic carbocycles. The molecule has 0 saturated carbocycles. The summed E-state index contributed by atoms with van der Waals surface area (Å²) in [5.41, 5.74) is 1.20. The Morgan fingerprint density at radius 2 is 1.77 bits per heavy atom. The lowest BCUT2D eigenvalue weighted by Crippen LogP contribution is -2.23. The van der Waals surface area contributed by atoms with Crippen LogP contribution in [0.15, 0.2) is 54.9 Å². The van der Waals surface area contributed by atoms with Gasteiger partial charge < -0.3 is 10.6 Å². The van der Waals surface area contributed by atoms with Gasteiger partial charge in [0.05, 0.1) is 21.3 Å². The van der Waals surface area contributed by atoms with E-state index in [1.54, 1.807) is 36.4 Å². The van der Waals surface area contributed by atoms with E-state index in [1.165, 1.54) is 18.5 Å². The molecule has 3 aromatic rings. The molecular weight excluding hydrogens is 378 g/mol. The van der Waals surface area contributed by atoms with Crippen molar-refractivity contribution in [2.75, 3.05) is 5.32 Å². The van der Waals surface area contributed by atoms with E-state index in [0.717, 1.165) is 0 Å². The van der Waals surface area contributed by atoms with E-state index in [1.807, 2.05) is 0 Å². The Morgan fingerprint density at radius 3 is 2.50 bits per heavy atom. The average Bonchev–Trinajstić information content (AvgIpc) is 2.65. The van der Waals surface area contributed by atoms with Gasteiger partial charge in [0.1, 0.15) is 5.82 Å². The Hall–Kier alpha value is -2.70. The molecule has 0 aliphatic rings. The summed E-state index contributed by atoms with van der Waals surface area (Å²) in [5, 5.41) is 6.30. The fourth-order valence-corrected chi connectivity index (χ4v) is 2.50. The van der Waals surface area contributed by atoms with Crippen LogP contribution in [0, 0.1) is 5.82 Å². The van der Waals surface area contributed by atoms with Gasteiger partial charge in [-0.3, -0.25) is 4.79 Å².